The highest BCUT2D eigenvalue weighted by molar-refractivity contribution is 5.77. The van der Waals surface area contributed by atoms with Crippen molar-refractivity contribution in [1.82, 2.24) is 0 Å². The second-order valence-corrected chi connectivity index (χ2v) is 3.49. The first-order valence-electron chi connectivity index (χ1n) is 5.40. The zero-order valence-corrected chi connectivity index (χ0v) is 9.96. The highest BCUT2D eigenvalue weighted by Crippen LogP contribution is 2.25. The number of nitro groups is 1. The number of amides is 1. The van der Waals surface area contributed by atoms with Crippen LogP contribution in [-0.2, 0) is 4.79 Å². The Hall–Kier alpha value is -2.37. The van der Waals surface area contributed by atoms with Crippen molar-refractivity contribution in [3.8, 4) is 5.75 Å². The zero-order chi connectivity index (χ0) is 13.5. The van der Waals surface area contributed by atoms with Gasteiger partial charge in [-0.2, -0.15) is 0 Å². The first-order valence-corrected chi connectivity index (χ1v) is 5.40. The SMILES string of the molecule is CCOc1ccc([N+](=O)[O-])cc1C=CCC(N)=O. The highest BCUT2D eigenvalue weighted by atomic mass is 16.6. The van der Waals surface area contributed by atoms with Gasteiger partial charge in [-0.05, 0) is 13.0 Å². The summed E-state index contributed by atoms with van der Waals surface area (Å²) in [4.78, 5) is 20.8. The van der Waals surface area contributed by atoms with E-state index in [0.717, 1.165) is 0 Å². The van der Waals surface area contributed by atoms with Gasteiger partial charge in [0.2, 0.25) is 5.91 Å². The molecule has 0 saturated heterocycles. The van der Waals surface area contributed by atoms with Crippen LogP contribution in [0.4, 0.5) is 5.69 Å². The number of non-ortho nitro benzene ring substituents is 1. The smallest absolute Gasteiger partial charge is 0.270 e. The molecule has 6 nitrogen and oxygen atoms in total. The van der Waals surface area contributed by atoms with Crippen LogP contribution in [0.5, 0.6) is 5.75 Å². The average molecular weight is 250 g/mol. The first-order chi connectivity index (χ1) is 8.54. The number of carbonyl (C=O) groups is 1. The third kappa shape index (κ3) is 3.89. The third-order valence-corrected chi connectivity index (χ3v) is 2.12. The summed E-state index contributed by atoms with van der Waals surface area (Å²) in [6.07, 6.45) is 3.21. The Morgan fingerprint density at radius 1 is 1.56 bits per heavy atom. The predicted octanol–water partition coefficient (Wildman–Crippen LogP) is 1.88. The fourth-order valence-corrected chi connectivity index (χ4v) is 1.37. The lowest BCUT2D eigenvalue weighted by Crippen LogP contribution is -2.07. The summed E-state index contributed by atoms with van der Waals surface area (Å²) < 4.78 is 5.34. The van der Waals surface area contributed by atoms with Gasteiger partial charge >= 0.3 is 0 Å². The second kappa shape index (κ2) is 6.39. The van der Waals surface area contributed by atoms with Crippen LogP contribution in [0.15, 0.2) is 24.3 Å². The molecule has 0 unspecified atom stereocenters. The second-order valence-electron chi connectivity index (χ2n) is 3.49. The molecule has 0 heterocycles. The lowest BCUT2D eigenvalue weighted by atomic mass is 10.1. The van der Waals surface area contributed by atoms with Crippen molar-refractivity contribution in [2.24, 2.45) is 5.73 Å². The van der Waals surface area contributed by atoms with Crippen LogP contribution in [0.3, 0.4) is 0 Å². The summed E-state index contributed by atoms with van der Waals surface area (Å²) in [6.45, 7) is 2.27. The molecule has 1 amide bonds. The molecule has 0 aliphatic heterocycles. The quantitative estimate of drug-likeness (QED) is 0.615. The molecule has 1 aromatic carbocycles. The number of hydrogen-bond donors (Lipinski definition) is 1. The monoisotopic (exact) mass is 250 g/mol. The van der Waals surface area contributed by atoms with Crippen molar-refractivity contribution in [1.29, 1.82) is 0 Å². The summed E-state index contributed by atoms with van der Waals surface area (Å²) in [5.74, 6) is 0.0680. The van der Waals surface area contributed by atoms with Gasteiger partial charge in [0.15, 0.2) is 0 Å². The van der Waals surface area contributed by atoms with Gasteiger partial charge < -0.3 is 10.5 Å². The lowest BCUT2D eigenvalue weighted by Gasteiger charge is -2.06. The van der Waals surface area contributed by atoms with Crippen LogP contribution < -0.4 is 10.5 Å². The maximum atomic E-state index is 10.7. The average Bonchev–Trinajstić information content (AvgIpc) is 2.30. The van der Waals surface area contributed by atoms with Gasteiger partial charge in [-0.3, -0.25) is 14.9 Å². The first kappa shape index (κ1) is 13.7. The maximum absolute atomic E-state index is 10.7. The van der Waals surface area contributed by atoms with E-state index < -0.39 is 10.8 Å². The van der Waals surface area contributed by atoms with Crippen molar-refractivity contribution in [2.75, 3.05) is 6.61 Å². The molecule has 0 aliphatic rings. The predicted molar refractivity (Wildman–Crippen MR) is 67.1 cm³/mol. The van der Waals surface area contributed by atoms with Crippen molar-refractivity contribution < 1.29 is 14.5 Å². The minimum atomic E-state index is -0.485. The molecule has 96 valence electrons. The van der Waals surface area contributed by atoms with E-state index in [2.05, 4.69) is 0 Å². The highest BCUT2D eigenvalue weighted by Gasteiger charge is 2.09. The van der Waals surface area contributed by atoms with Crippen LogP contribution in [-0.4, -0.2) is 17.4 Å². The molecule has 0 atom stereocenters. The molecule has 2 N–H and O–H groups in total. The number of ether oxygens (including phenoxy) is 1. The molecule has 0 aliphatic carbocycles. The van der Waals surface area contributed by atoms with Gasteiger partial charge in [0.05, 0.1) is 11.5 Å². The number of nitrogens with zero attached hydrogens (tertiary/aromatic N) is 1. The van der Waals surface area contributed by atoms with E-state index in [-0.39, 0.29) is 12.1 Å². The summed E-state index contributed by atoms with van der Waals surface area (Å²) in [5, 5.41) is 10.7. The van der Waals surface area contributed by atoms with E-state index in [1.54, 1.807) is 12.2 Å². The summed E-state index contributed by atoms with van der Waals surface area (Å²) in [6, 6.07) is 4.30. The van der Waals surface area contributed by atoms with E-state index in [9.17, 15) is 14.9 Å². The Balaban J connectivity index is 3.02. The number of hydrogen-bond acceptors (Lipinski definition) is 4. The van der Waals surface area contributed by atoms with Gasteiger partial charge in [-0.25, -0.2) is 0 Å². The van der Waals surface area contributed by atoms with Crippen molar-refractivity contribution in [3.63, 3.8) is 0 Å². The summed E-state index contributed by atoms with van der Waals surface area (Å²) >= 11 is 0. The van der Waals surface area contributed by atoms with E-state index in [0.29, 0.717) is 17.9 Å². The van der Waals surface area contributed by atoms with E-state index >= 15 is 0 Å². The molecular weight excluding hydrogens is 236 g/mol. The Morgan fingerprint density at radius 3 is 2.83 bits per heavy atom. The van der Waals surface area contributed by atoms with Crippen LogP contribution in [0, 0.1) is 10.1 Å². The lowest BCUT2D eigenvalue weighted by molar-refractivity contribution is -0.384. The molecule has 0 fully saturated rings. The van der Waals surface area contributed by atoms with Gasteiger partial charge in [0.1, 0.15) is 5.75 Å². The topological polar surface area (TPSA) is 95.5 Å². The molecule has 0 aromatic heterocycles. The zero-order valence-electron chi connectivity index (χ0n) is 9.96. The number of nitrogens with two attached hydrogens (primary N) is 1. The number of primary amides is 1. The molecular formula is C12H14N2O4. The fourth-order valence-electron chi connectivity index (χ4n) is 1.37. The van der Waals surface area contributed by atoms with Gasteiger partial charge in [-0.1, -0.05) is 12.2 Å². The fraction of sp³-hybridized carbons (Fsp3) is 0.250. The van der Waals surface area contributed by atoms with Gasteiger partial charge in [0, 0.05) is 24.1 Å². The normalized spacial score (nSPS) is 10.5. The third-order valence-electron chi connectivity index (χ3n) is 2.12. The van der Waals surface area contributed by atoms with E-state index in [4.69, 9.17) is 10.5 Å². The number of benzene rings is 1. The molecule has 0 radical (unpaired) electrons. The Morgan fingerprint density at radius 2 is 2.28 bits per heavy atom. The van der Waals surface area contributed by atoms with Gasteiger partial charge in [-0.15, -0.1) is 0 Å². The Kier molecular flexibility index (Phi) is 4.86. The van der Waals surface area contributed by atoms with Crippen LogP contribution >= 0.6 is 0 Å². The van der Waals surface area contributed by atoms with Crippen molar-refractivity contribution in [2.45, 2.75) is 13.3 Å². The molecule has 6 heteroatoms. The number of carbonyl (C=O) groups excluding carboxylic acids is 1. The molecule has 0 spiro atoms. The number of nitro benzene ring substituents is 1. The standard InChI is InChI=1S/C12H14N2O4/c1-2-18-11-7-6-10(14(16)17)8-9(11)4-3-5-12(13)15/h3-4,6-8H,2,5H2,1H3,(H2,13,15). The molecule has 18 heavy (non-hydrogen) atoms. The Labute approximate surface area is 104 Å². The molecule has 1 aromatic rings. The molecule has 1 rings (SSSR count). The molecule has 0 bridgehead atoms. The van der Waals surface area contributed by atoms with E-state index in [1.807, 2.05) is 6.92 Å². The van der Waals surface area contributed by atoms with E-state index in [1.165, 1.54) is 18.2 Å². The Bertz CT molecular complexity index is 483. The van der Waals surface area contributed by atoms with Crippen molar-refractivity contribution >= 4 is 17.7 Å². The van der Waals surface area contributed by atoms with Gasteiger partial charge in [0.25, 0.3) is 5.69 Å². The van der Waals surface area contributed by atoms with Crippen LogP contribution in [0.1, 0.15) is 18.9 Å². The maximum Gasteiger partial charge on any atom is 0.270 e. The van der Waals surface area contributed by atoms with Crippen molar-refractivity contribution in [3.05, 3.63) is 40.0 Å². The minimum absolute atomic E-state index is 0.0304. The number of rotatable bonds is 6. The van der Waals surface area contributed by atoms with Crippen LogP contribution in [0.25, 0.3) is 6.08 Å². The largest absolute Gasteiger partial charge is 0.493 e. The summed E-state index contributed by atoms with van der Waals surface area (Å²) in [5.41, 5.74) is 5.52. The van der Waals surface area contributed by atoms with Crippen LogP contribution in [0.2, 0.25) is 0 Å². The molecule has 0 saturated carbocycles. The summed E-state index contributed by atoms with van der Waals surface area (Å²) in [7, 11) is 0. The minimum Gasteiger partial charge on any atom is -0.493 e.